The predicted molar refractivity (Wildman–Crippen MR) is 91.7 cm³/mol. The first-order chi connectivity index (χ1) is 10.7. The standard InChI is InChI=1S/C20H23NO/c1-21(2)20(22)14-13-19-17-9-5-3-7-15(17)11-12-16-8-4-6-10-18(16)19/h3-10,13,20,22H,11-12,14H2,1-2H3. The van der Waals surface area contributed by atoms with Crippen molar-refractivity contribution in [1.29, 1.82) is 0 Å². The third kappa shape index (κ3) is 2.99. The Balaban J connectivity index is 2.08. The van der Waals surface area contributed by atoms with Crippen LogP contribution in [0.25, 0.3) is 5.57 Å². The molecule has 0 saturated heterocycles. The first-order valence-corrected chi connectivity index (χ1v) is 7.88. The number of aliphatic hydroxyl groups is 1. The summed E-state index contributed by atoms with van der Waals surface area (Å²) in [5.74, 6) is 0. The van der Waals surface area contributed by atoms with E-state index in [0.29, 0.717) is 6.42 Å². The van der Waals surface area contributed by atoms with Crippen LogP contribution in [-0.4, -0.2) is 30.3 Å². The molecule has 0 heterocycles. The van der Waals surface area contributed by atoms with Crippen molar-refractivity contribution in [2.45, 2.75) is 25.5 Å². The molecule has 0 saturated carbocycles. The topological polar surface area (TPSA) is 23.5 Å². The van der Waals surface area contributed by atoms with Crippen LogP contribution in [0.2, 0.25) is 0 Å². The largest absolute Gasteiger partial charge is 0.378 e. The Kier molecular flexibility index (Phi) is 4.41. The number of nitrogens with zero attached hydrogens (tertiary/aromatic N) is 1. The fraction of sp³-hybridized carbons (Fsp3) is 0.300. The highest BCUT2D eigenvalue weighted by molar-refractivity contribution is 5.83. The molecule has 3 rings (SSSR count). The second kappa shape index (κ2) is 6.47. The van der Waals surface area contributed by atoms with Gasteiger partial charge in [0.2, 0.25) is 0 Å². The second-order valence-electron chi connectivity index (χ2n) is 6.11. The zero-order valence-corrected chi connectivity index (χ0v) is 13.3. The van der Waals surface area contributed by atoms with Crippen LogP contribution < -0.4 is 0 Å². The fourth-order valence-corrected chi connectivity index (χ4v) is 3.07. The zero-order valence-electron chi connectivity index (χ0n) is 13.3. The average Bonchev–Trinajstić information content (AvgIpc) is 2.69. The molecule has 1 aliphatic carbocycles. The van der Waals surface area contributed by atoms with E-state index in [4.69, 9.17) is 0 Å². The van der Waals surface area contributed by atoms with Gasteiger partial charge in [-0.1, -0.05) is 54.6 Å². The smallest absolute Gasteiger partial charge is 0.110 e. The van der Waals surface area contributed by atoms with Gasteiger partial charge < -0.3 is 5.11 Å². The monoisotopic (exact) mass is 293 g/mol. The van der Waals surface area contributed by atoms with Crippen molar-refractivity contribution in [3.05, 3.63) is 76.9 Å². The van der Waals surface area contributed by atoms with E-state index in [9.17, 15) is 5.11 Å². The first-order valence-electron chi connectivity index (χ1n) is 7.88. The molecule has 2 heteroatoms. The highest BCUT2D eigenvalue weighted by Crippen LogP contribution is 2.33. The Bertz CT molecular complexity index is 638. The lowest BCUT2D eigenvalue weighted by Crippen LogP contribution is -2.26. The summed E-state index contributed by atoms with van der Waals surface area (Å²) in [5, 5.41) is 10.1. The number of fused-ring (bicyclic) bond motifs is 2. The SMILES string of the molecule is CN(C)C(O)CC=C1c2ccccc2CCc2ccccc21. The summed E-state index contributed by atoms with van der Waals surface area (Å²) in [5.41, 5.74) is 6.65. The minimum atomic E-state index is -0.449. The molecular weight excluding hydrogens is 270 g/mol. The molecular formula is C20H23NO. The maximum Gasteiger partial charge on any atom is 0.110 e. The molecule has 2 aromatic rings. The number of aliphatic hydroxyl groups excluding tert-OH is 1. The zero-order chi connectivity index (χ0) is 15.5. The summed E-state index contributed by atoms with van der Waals surface area (Å²) < 4.78 is 0. The summed E-state index contributed by atoms with van der Waals surface area (Å²) in [4.78, 5) is 1.84. The minimum absolute atomic E-state index is 0.449. The predicted octanol–water partition coefficient (Wildman–Crippen LogP) is 3.49. The maximum absolute atomic E-state index is 10.1. The molecule has 0 aromatic heterocycles. The number of benzene rings is 2. The summed E-state index contributed by atoms with van der Waals surface area (Å²) >= 11 is 0. The Morgan fingerprint density at radius 2 is 1.45 bits per heavy atom. The Hall–Kier alpha value is -1.90. The molecule has 0 radical (unpaired) electrons. The minimum Gasteiger partial charge on any atom is -0.378 e. The van der Waals surface area contributed by atoms with Gasteiger partial charge >= 0.3 is 0 Å². The van der Waals surface area contributed by atoms with E-state index in [2.05, 4.69) is 54.6 Å². The van der Waals surface area contributed by atoms with Gasteiger partial charge in [0.15, 0.2) is 0 Å². The van der Waals surface area contributed by atoms with Crippen LogP contribution in [0.5, 0.6) is 0 Å². The van der Waals surface area contributed by atoms with Crippen LogP contribution in [0, 0.1) is 0 Å². The van der Waals surface area contributed by atoms with Crippen LogP contribution in [0.15, 0.2) is 54.6 Å². The van der Waals surface area contributed by atoms with Crippen molar-refractivity contribution in [3.8, 4) is 0 Å². The van der Waals surface area contributed by atoms with Crippen molar-refractivity contribution >= 4 is 5.57 Å². The third-order valence-corrected chi connectivity index (χ3v) is 4.41. The molecule has 0 aliphatic heterocycles. The van der Waals surface area contributed by atoms with Crippen molar-refractivity contribution < 1.29 is 5.11 Å². The van der Waals surface area contributed by atoms with Crippen molar-refractivity contribution in [1.82, 2.24) is 4.90 Å². The highest BCUT2D eigenvalue weighted by atomic mass is 16.3. The van der Waals surface area contributed by atoms with E-state index < -0.39 is 6.23 Å². The molecule has 1 atom stereocenters. The van der Waals surface area contributed by atoms with Crippen LogP contribution in [-0.2, 0) is 12.8 Å². The van der Waals surface area contributed by atoms with Crippen molar-refractivity contribution in [2.24, 2.45) is 0 Å². The third-order valence-electron chi connectivity index (χ3n) is 4.41. The van der Waals surface area contributed by atoms with Gasteiger partial charge in [-0.15, -0.1) is 0 Å². The summed E-state index contributed by atoms with van der Waals surface area (Å²) in [6, 6.07) is 17.3. The fourth-order valence-electron chi connectivity index (χ4n) is 3.07. The Morgan fingerprint density at radius 3 is 1.95 bits per heavy atom. The summed E-state index contributed by atoms with van der Waals surface area (Å²) in [6.45, 7) is 0. The average molecular weight is 293 g/mol. The van der Waals surface area contributed by atoms with Crippen molar-refractivity contribution in [3.63, 3.8) is 0 Å². The number of hydrogen-bond acceptors (Lipinski definition) is 2. The van der Waals surface area contributed by atoms with Gasteiger partial charge in [-0.05, 0) is 54.8 Å². The van der Waals surface area contributed by atoms with Gasteiger partial charge in [0.05, 0.1) is 0 Å². The van der Waals surface area contributed by atoms with E-state index in [1.807, 2.05) is 19.0 Å². The second-order valence-corrected chi connectivity index (χ2v) is 6.11. The lowest BCUT2D eigenvalue weighted by Gasteiger charge is -2.18. The maximum atomic E-state index is 10.1. The molecule has 0 fully saturated rings. The van der Waals surface area contributed by atoms with Crippen LogP contribution in [0.4, 0.5) is 0 Å². The summed E-state index contributed by atoms with van der Waals surface area (Å²) in [7, 11) is 3.80. The van der Waals surface area contributed by atoms with Gasteiger partial charge in [0, 0.05) is 6.42 Å². The van der Waals surface area contributed by atoms with E-state index in [0.717, 1.165) is 12.8 Å². The molecule has 1 unspecified atom stereocenters. The molecule has 114 valence electrons. The van der Waals surface area contributed by atoms with Gasteiger partial charge in [-0.2, -0.15) is 0 Å². The normalized spacial score (nSPS) is 15.0. The molecule has 0 bridgehead atoms. The van der Waals surface area contributed by atoms with Crippen LogP contribution >= 0.6 is 0 Å². The molecule has 1 N–H and O–H groups in total. The van der Waals surface area contributed by atoms with Crippen molar-refractivity contribution in [2.75, 3.05) is 14.1 Å². The number of hydrogen-bond donors (Lipinski definition) is 1. The van der Waals surface area contributed by atoms with Gasteiger partial charge in [-0.3, -0.25) is 4.90 Å². The van der Waals surface area contributed by atoms with E-state index in [-0.39, 0.29) is 0 Å². The van der Waals surface area contributed by atoms with Crippen LogP contribution in [0.3, 0.4) is 0 Å². The molecule has 2 aromatic carbocycles. The van der Waals surface area contributed by atoms with Gasteiger partial charge in [0.25, 0.3) is 0 Å². The lowest BCUT2D eigenvalue weighted by atomic mass is 9.93. The quantitative estimate of drug-likeness (QED) is 0.876. The molecule has 0 spiro atoms. The van der Waals surface area contributed by atoms with E-state index in [1.54, 1.807) is 0 Å². The van der Waals surface area contributed by atoms with Crippen LogP contribution in [0.1, 0.15) is 28.7 Å². The lowest BCUT2D eigenvalue weighted by molar-refractivity contribution is 0.0437. The number of rotatable bonds is 3. The molecule has 0 amide bonds. The molecule has 1 aliphatic rings. The van der Waals surface area contributed by atoms with Gasteiger partial charge in [0.1, 0.15) is 6.23 Å². The first kappa shape index (κ1) is 15.0. The highest BCUT2D eigenvalue weighted by Gasteiger charge is 2.17. The van der Waals surface area contributed by atoms with Gasteiger partial charge in [-0.25, -0.2) is 0 Å². The Labute approximate surface area is 132 Å². The Morgan fingerprint density at radius 1 is 0.955 bits per heavy atom. The molecule has 22 heavy (non-hydrogen) atoms. The molecule has 2 nitrogen and oxygen atoms in total. The summed E-state index contributed by atoms with van der Waals surface area (Å²) in [6.07, 6.45) is 4.51. The number of aryl methyl sites for hydroxylation is 2. The van der Waals surface area contributed by atoms with E-state index >= 15 is 0 Å². The van der Waals surface area contributed by atoms with E-state index in [1.165, 1.54) is 27.8 Å².